The standard InChI is InChI=1S/C16H28N6O4/c1-15(2,3)25-13(23)21-8-9-22(14(24)26-16(4,5)6)11(10-21)12-17-18-19-20(12)7/h11H,8-10H2,1-7H3. The summed E-state index contributed by atoms with van der Waals surface area (Å²) in [5.74, 6) is 0.476. The molecule has 0 spiro atoms. The topological polar surface area (TPSA) is 103 Å². The summed E-state index contributed by atoms with van der Waals surface area (Å²) < 4.78 is 12.4. The van der Waals surface area contributed by atoms with Crippen LogP contribution < -0.4 is 0 Å². The minimum absolute atomic E-state index is 0.225. The largest absolute Gasteiger partial charge is 0.444 e. The van der Waals surface area contributed by atoms with Crippen molar-refractivity contribution in [3.05, 3.63) is 5.82 Å². The van der Waals surface area contributed by atoms with Crippen LogP contribution in [0.15, 0.2) is 0 Å². The van der Waals surface area contributed by atoms with E-state index in [9.17, 15) is 9.59 Å². The number of rotatable bonds is 1. The molecular weight excluding hydrogens is 340 g/mol. The van der Waals surface area contributed by atoms with Crippen LogP contribution in [0.25, 0.3) is 0 Å². The Bertz CT molecular complexity index is 660. The summed E-state index contributed by atoms with van der Waals surface area (Å²) in [7, 11) is 1.69. The Kier molecular flexibility index (Phi) is 5.43. The van der Waals surface area contributed by atoms with Crippen LogP contribution in [0.2, 0.25) is 0 Å². The molecule has 0 bridgehead atoms. The van der Waals surface area contributed by atoms with E-state index in [2.05, 4.69) is 15.5 Å². The first-order chi connectivity index (χ1) is 11.9. The minimum Gasteiger partial charge on any atom is -0.444 e. The molecule has 1 aliphatic heterocycles. The number of aryl methyl sites for hydroxylation is 1. The van der Waals surface area contributed by atoms with Crippen LogP contribution in [0, 0.1) is 0 Å². The van der Waals surface area contributed by atoms with Gasteiger partial charge < -0.3 is 14.4 Å². The van der Waals surface area contributed by atoms with E-state index < -0.39 is 29.4 Å². The number of piperazine rings is 1. The van der Waals surface area contributed by atoms with Crippen LogP contribution >= 0.6 is 0 Å². The van der Waals surface area contributed by atoms with Crippen molar-refractivity contribution in [1.29, 1.82) is 0 Å². The van der Waals surface area contributed by atoms with E-state index in [4.69, 9.17) is 9.47 Å². The van der Waals surface area contributed by atoms with Crippen molar-refractivity contribution in [2.24, 2.45) is 7.05 Å². The number of nitrogens with zero attached hydrogens (tertiary/aromatic N) is 6. The van der Waals surface area contributed by atoms with E-state index in [1.165, 1.54) is 4.68 Å². The number of amides is 2. The Hall–Kier alpha value is -2.39. The fourth-order valence-corrected chi connectivity index (χ4v) is 2.55. The van der Waals surface area contributed by atoms with Gasteiger partial charge in [0.1, 0.15) is 17.2 Å². The highest BCUT2D eigenvalue weighted by atomic mass is 16.6. The molecule has 1 fully saturated rings. The summed E-state index contributed by atoms with van der Waals surface area (Å²) in [5.41, 5.74) is -1.22. The van der Waals surface area contributed by atoms with E-state index >= 15 is 0 Å². The number of hydrogen-bond acceptors (Lipinski definition) is 7. The lowest BCUT2D eigenvalue weighted by Crippen LogP contribution is -2.54. The molecule has 0 radical (unpaired) electrons. The summed E-state index contributed by atoms with van der Waals surface area (Å²) >= 11 is 0. The number of carbonyl (C=O) groups is 2. The quantitative estimate of drug-likeness (QED) is 0.744. The molecule has 0 saturated carbocycles. The van der Waals surface area contributed by atoms with Gasteiger partial charge in [0.2, 0.25) is 0 Å². The minimum atomic E-state index is -0.623. The average Bonchev–Trinajstić information content (AvgIpc) is 2.89. The maximum atomic E-state index is 12.6. The van der Waals surface area contributed by atoms with Crippen LogP contribution in [0.4, 0.5) is 9.59 Å². The van der Waals surface area contributed by atoms with Gasteiger partial charge in [-0.05, 0) is 52.0 Å². The van der Waals surface area contributed by atoms with Gasteiger partial charge in [0.25, 0.3) is 0 Å². The van der Waals surface area contributed by atoms with Gasteiger partial charge in [-0.2, -0.15) is 0 Å². The first-order valence-corrected chi connectivity index (χ1v) is 8.57. The summed E-state index contributed by atoms with van der Waals surface area (Å²) in [6.07, 6.45) is -0.893. The van der Waals surface area contributed by atoms with Crippen molar-refractivity contribution >= 4 is 12.2 Å². The smallest absolute Gasteiger partial charge is 0.411 e. The molecule has 2 heterocycles. The molecule has 2 amide bonds. The normalized spacial score (nSPS) is 18.7. The predicted octanol–water partition coefficient (Wildman–Crippen LogP) is 1.74. The number of tetrazole rings is 1. The molecule has 0 aromatic carbocycles. The van der Waals surface area contributed by atoms with E-state index in [1.54, 1.807) is 37.6 Å². The SMILES string of the molecule is Cn1nnnc1C1CN(C(=O)OC(C)(C)C)CCN1C(=O)OC(C)(C)C. The number of ether oxygens (including phenoxy) is 2. The van der Waals surface area contributed by atoms with Gasteiger partial charge in [-0.15, -0.1) is 5.10 Å². The zero-order chi connectivity index (χ0) is 19.7. The average molecular weight is 368 g/mol. The second kappa shape index (κ2) is 7.08. The highest BCUT2D eigenvalue weighted by Gasteiger charge is 2.39. The van der Waals surface area contributed by atoms with Crippen molar-refractivity contribution in [1.82, 2.24) is 30.0 Å². The van der Waals surface area contributed by atoms with E-state index in [1.807, 2.05) is 20.8 Å². The third-order valence-corrected chi connectivity index (χ3v) is 3.61. The molecule has 0 N–H and O–H groups in total. The maximum absolute atomic E-state index is 12.6. The van der Waals surface area contributed by atoms with E-state index in [0.717, 1.165) is 0 Å². The molecule has 1 unspecified atom stereocenters. The molecule has 2 rings (SSSR count). The summed E-state index contributed by atoms with van der Waals surface area (Å²) in [5, 5.41) is 11.5. The summed E-state index contributed by atoms with van der Waals surface area (Å²) in [6.45, 7) is 11.7. The van der Waals surface area contributed by atoms with Crippen LogP contribution in [0.1, 0.15) is 53.4 Å². The molecule has 26 heavy (non-hydrogen) atoms. The highest BCUT2D eigenvalue weighted by Crippen LogP contribution is 2.26. The monoisotopic (exact) mass is 368 g/mol. The third kappa shape index (κ3) is 5.06. The van der Waals surface area contributed by atoms with Crippen LogP contribution in [-0.4, -0.2) is 73.0 Å². The van der Waals surface area contributed by atoms with Crippen LogP contribution in [0.3, 0.4) is 0 Å². The number of hydrogen-bond donors (Lipinski definition) is 0. The Morgan fingerprint density at radius 2 is 1.58 bits per heavy atom. The fraction of sp³-hybridized carbons (Fsp3) is 0.812. The lowest BCUT2D eigenvalue weighted by atomic mass is 10.1. The van der Waals surface area contributed by atoms with Crippen molar-refractivity contribution in [3.63, 3.8) is 0 Å². The van der Waals surface area contributed by atoms with E-state index in [-0.39, 0.29) is 6.54 Å². The van der Waals surface area contributed by atoms with Crippen molar-refractivity contribution < 1.29 is 19.1 Å². The van der Waals surface area contributed by atoms with Crippen LogP contribution in [-0.2, 0) is 16.5 Å². The van der Waals surface area contributed by atoms with Gasteiger partial charge >= 0.3 is 12.2 Å². The molecular formula is C16H28N6O4. The number of carbonyl (C=O) groups excluding carboxylic acids is 2. The van der Waals surface area contributed by atoms with Gasteiger partial charge in [0, 0.05) is 20.1 Å². The molecule has 10 nitrogen and oxygen atoms in total. The first-order valence-electron chi connectivity index (χ1n) is 8.57. The zero-order valence-corrected chi connectivity index (χ0v) is 16.5. The van der Waals surface area contributed by atoms with Crippen molar-refractivity contribution in [2.75, 3.05) is 19.6 Å². The zero-order valence-electron chi connectivity index (χ0n) is 16.5. The molecule has 1 aliphatic rings. The Balaban J connectivity index is 2.22. The third-order valence-electron chi connectivity index (χ3n) is 3.61. The van der Waals surface area contributed by atoms with Crippen molar-refractivity contribution in [3.8, 4) is 0 Å². The lowest BCUT2D eigenvalue weighted by Gasteiger charge is -2.40. The van der Waals surface area contributed by atoms with Gasteiger partial charge in [-0.25, -0.2) is 14.3 Å². The van der Waals surface area contributed by atoms with E-state index in [0.29, 0.717) is 18.9 Å². The second-order valence-electron chi connectivity index (χ2n) is 8.28. The van der Waals surface area contributed by atoms with Gasteiger partial charge in [-0.1, -0.05) is 0 Å². The Morgan fingerprint density at radius 3 is 2.08 bits per heavy atom. The second-order valence-corrected chi connectivity index (χ2v) is 8.28. The molecule has 1 saturated heterocycles. The maximum Gasteiger partial charge on any atom is 0.411 e. The number of aromatic nitrogens is 4. The van der Waals surface area contributed by atoms with Crippen molar-refractivity contribution in [2.45, 2.75) is 58.8 Å². The predicted molar refractivity (Wildman–Crippen MR) is 92.3 cm³/mol. The Labute approximate surface area is 153 Å². The van der Waals surface area contributed by atoms with Gasteiger partial charge in [0.05, 0.1) is 6.54 Å². The van der Waals surface area contributed by atoms with Gasteiger partial charge in [-0.3, -0.25) is 4.90 Å². The van der Waals surface area contributed by atoms with Gasteiger partial charge in [0.15, 0.2) is 5.82 Å². The summed E-state index contributed by atoms with van der Waals surface area (Å²) in [4.78, 5) is 28.2. The lowest BCUT2D eigenvalue weighted by molar-refractivity contribution is -0.0168. The molecule has 1 aromatic heterocycles. The molecule has 10 heteroatoms. The fourth-order valence-electron chi connectivity index (χ4n) is 2.55. The molecule has 146 valence electrons. The molecule has 0 aliphatic carbocycles. The summed E-state index contributed by atoms with van der Waals surface area (Å²) in [6, 6.07) is -0.522. The first kappa shape index (κ1) is 19.9. The Morgan fingerprint density at radius 1 is 1.00 bits per heavy atom. The molecule has 1 aromatic rings. The molecule has 1 atom stereocenters. The van der Waals surface area contributed by atoms with Crippen LogP contribution in [0.5, 0.6) is 0 Å². The highest BCUT2D eigenvalue weighted by molar-refractivity contribution is 5.71.